The van der Waals surface area contributed by atoms with Crippen molar-refractivity contribution in [3.05, 3.63) is 130 Å². The molecule has 234 valence electrons. The fraction of sp³-hybridized carbons (Fsp3) is 0.167. The van der Waals surface area contributed by atoms with Crippen molar-refractivity contribution in [2.24, 2.45) is 0 Å². The van der Waals surface area contributed by atoms with E-state index in [-0.39, 0.29) is 29.2 Å². The number of nitrogens with zero attached hydrogens (tertiary/aromatic N) is 7. The van der Waals surface area contributed by atoms with Gasteiger partial charge in [-0.25, -0.2) is 9.97 Å². The smallest absolute Gasteiger partial charge is 0.262 e. The number of phenolic OH excluding ortho intramolecular Hbond substituents is 2. The molecule has 2 N–H and O–H groups in total. The molecule has 7 rings (SSSR count). The number of rotatable bonds is 10. The van der Waals surface area contributed by atoms with Gasteiger partial charge in [0.1, 0.15) is 28.8 Å². The summed E-state index contributed by atoms with van der Waals surface area (Å²) in [5, 5.41) is 29.3. The monoisotopic (exact) mass is 625 g/mol. The largest absolute Gasteiger partial charge is 0.508 e. The molecule has 11 nitrogen and oxygen atoms in total. The summed E-state index contributed by atoms with van der Waals surface area (Å²) in [6, 6.07) is 27.9. The molecule has 3 heterocycles. The van der Waals surface area contributed by atoms with E-state index in [0.29, 0.717) is 57.8 Å². The van der Waals surface area contributed by atoms with Gasteiger partial charge >= 0.3 is 0 Å². The van der Waals surface area contributed by atoms with Gasteiger partial charge in [0.2, 0.25) is 0 Å². The van der Waals surface area contributed by atoms with Gasteiger partial charge in [0.25, 0.3) is 11.1 Å². The highest BCUT2D eigenvalue weighted by atomic mass is 16.3. The Hall–Kier alpha value is -6.10. The van der Waals surface area contributed by atoms with Crippen molar-refractivity contribution in [1.29, 1.82) is 0 Å². The van der Waals surface area contributed by atoms with E-state index >= 15 is 0 Å². The highest BCUT2D eigenvalue weighted by molar-refractivity contribution is 5.80. The van der Waals surface area contributed by atoms with Gasteiger partial charge in [0.05, 0.1) is 34.5 Å². The van der Waals surface area contributed by atoms with Gasteiger partial charge < -0.3 is 10.2 Å². The molecule has 0 atom stereocenters. The van der Waals surface area contributed by atoms with Crippen LogP contribution in [0.3, 0.4) is 0 Å². The Bertz CT molecular complexity index is 2320. The molecule has 11 heteroatoms. The minimum Gasteiger partial charge on any atom is -0.508 e. The van der Waals surface area contributed by atoms with Gasteiger partial charge in [-0.3, -0.25) is 23.4 Å². The van der Waals surface area contributed by atoms with Crippen LogP contribution >= 0.6 is 0 Å². The van der Waals surface area contributed by atoms with Crippen molar-refractivity contribution in [2.45, 2.75) is 38.9 Å². The van der Waals surface area contributed by atoms with Crippen molar-refractivity contribution >= 4 is 21.8 Å². The van der Waals surface area contributed by atoms with E-state index in [1.807, 2.05) is 42.6 Å². The fourth-order valence-electron chi connectivity index (χ4n) is 5.75. The predicted molar refractivity (Wildman–Crippen MR) is 179 cm³/mol. The summed E-state index contributed by atoms with van der Waals surface area (Å²) in [6.45, 7) is 1.30. The molecule has 0 aliphatic rings. The molecule has 0 saturated heterocycles. The SMILES string of the molecule is O=c1c2ccccc2nc(-c2ccc(O)cc2)n1CCCCCn1cc(Cn2c(-c3ccc(O)cc3)nc3ccccc3c2=O)nn1. The maximum atomic E-state index is 13.6. The first-order valence-corrected chi connectivity index (χ1v) is 15.4. The van der Waals surface area contributed by atoms with E-state index < -0.39 is 0 Å². The van der Waals surface area contributed by atoms with Crippen LogP contribution in [0.15, 0.2) is 113 Å². The summed E-state index contributed by atoms with van der Waals surface area (Å²) >= 11 is 0. The number of benzene rings is 4. The number of para-hydroxylation sites is 2. The van der Waals surface area contributed by atoms with E-state index in [0.717, 1.165) is 24.8 Å². The third-order valence-electron chi connectivity index (χ3n) is 8.15. The van der Waals surface area contributed by atoms with Crippen molar-refractivity contribution in [3.8, 4) is 34.3 Å². The molecule has 0 radical (unpaired) electrons. The summed E-state index contributed by atoms with van der Waals surface area (Å²) < 4.78 is 5.06. The van der Waals surface area contributed by atoms with E-state index in [1.165, 1.54) is 0 Å². The minimum atomic E-state index is -0.182. The molecule has 0 bridgehead atoms. The number of phenols is 2. The number of aryl methyl sites for hydroxylation is 1. The Morgan fingerprint density at radius 3 is 1.68 bits per heavy atom. The first-order chi connectivity index (χ1) is 22.9. The Kier molecular flexibility index (Phi) is 8.01. The lowest BCUT2D eigenvalue weighted by Crippen LogP contribution is -2.24. The third kappa shape index (κ3) is 6.10. The Morgan fingerprint density at radius 1 is 0.574 bits per heavy atom. The number of aromatic nitrogens is 7. The van der Waals surface area contributed by atoms with Crippen LogP contribution < -0.4 is 11.1 Å². The van der Waals surface area contributed by atoms with Crippen LogP contribution in [-0.4, -0.2) is 44.3 Å². The van der Waals surface area contributed by atoms with Crippen LogP contribution in [0.1, 0.15) is 25.0 Å². The van der Waals surface area contributed by atoms with Crippen LogP contribution in [0.25, 0.3) is 44.6 Å². The lowest BCUT2D eigenvalue weighted by atomic mass is 10.1. The van der Waals surface area contributed by atoms with Crippen LogP contribution in [-0.2, 0) is 19.6 Å². The van der Waals surface area contributed by atoms with Crippen molar-refractivity contribution in [3.63, 3.8) is 0 Å². The highest BCUT2D eigenvalue weighted by Crippen LogP contribution is 2.23. The topological polar surface area (TPSA) is 141 Å². The standard InChI is InChI=1S/C36H31N7O4/c44-27-16-12-24(13-17-27)33-37-31-10-4-2-8-29(31)35(46)42(33)21-7-1-6-20-41-22-26(39-40-41)23-43-34(25-14-18-28(45)19-15-25)38-32-11-5-3-9-30(32)36(43)47/h2-5,8-19,22,44-45H,1,6-7,20-21,23H2. The molecule has 0 aliphatic heterocycles. The van der Waals surface area contributed by atoms with E-state index in [9.17, 15) is 19.8 Å². The van der Waals surface area contributed by atoms with E-state index in [2.05, 4.69) is 10.3 Å². The third-order valence-corrected chi connectivity index (χ3v) is 8.15. The number of fused-ring (bicyclic) bond motifs is 2. The Labute approximate surface area is 268 Å². The summed E-state index contributed by atoms with van der Waals surface area (Å²) in [6.07, 6.45) is 4.23. The first kappa shape index (κ1) is 29.6. The molecule has 0 fully saturated rings. The van der Waals surface area contributed by atoms with Gasteiger partial charge in [-0.1, -0.05) is 29.5 Å². The summed E-state index contributed by atoms with van der Waals surface area (Å²) in [4.78, 5) is 36.6. The zero-order valence-electron chi connectivity index (χ0n) is 25.4. The highest BCUT2D eigenvalue weighted by Gasteiger charge is 2.16. The van der Waals surface area contributed by atoms with Gasteiger partial charge in [0.15, 0.2) is 0 Å². The first-order valence-electron chi connectivity index (χ1n) is 15.4. The maximum absolute atomic E-state index is 13.6. The van der Waals surface area contributed by atoms with Gasteiger partial charge in [-0.05, 0) is 92.1 Å². The molecule has 7 aromatic rings. The van der Waals surface area contributed by atoms with Crippen LogP contribution in [0.4, 0.5) is 0 Å². The second kappa shape index (κ2) is 12.7. The van der Waals surface area contributed by atoms with Crippen LogP contribution in [0, 0.1) is 0 Å². The zero-order valence-corrected chi connectivity index (χ0v) is 25.4. The minimum absolute atomic E-state index is 0.0929. The Balaban J connectivity index is 1.05. The van der Waals surface area contributed by atoms with Gasteiger partial charge in [0, 0.05) is 24.2 Å². The zero-order chi connectivity index (χ0) is 32.3. The normalized spacial score (nSPS) is 11.4. The molecular weight excluding hydrogens is 594 g/mol. The van der Waals surface area contributed by atoms with Crippen molar-refractivity contribution < 1.29 is 10.2 Å². The number of hydrogen-bond acceptors (Lipinski definition) is 8. The Morgan fingerprint density at radius 2 is 1.09 bits per heavy atom. The second-order valence-electron chi connectivity index (χ2n) is 11.4. The lowest BCUT2D eigenvalue weighted by molar-refractivity contribution is 0.475. The molecule has 0 saturated carbocycles. The summed E-state index contributed by atoms with van der Waals surface area (Å²) in [5.41, 5.74) is 3.04. The lowest BCUT2D eigenvalue weighted by Gasteiger charge is -2.14. The number of aromatic hydroxyl groups is 2. The van der Waals surface area contributed by atoms with Crippen LogP contribution in [0.2, 0.25) is 0 Å². The summed E-state index contributed by atoms with van der Waals surface area (Å²) in [5.74, 6) is 1.33. The van der Waals surface area contributed by atoms with Crippen LogP contribution in [0.5, 0.6) is 11.5 Å². The van der Waals surface area contributed by atoms with Crippen molar-refractivity contribution in [1.82, 2.24) is 34.1 Å². The molecule has 0 aliphatic carbocycles. The molecule has 0 amide bonds. The fourth-order valence-corrected chi connectivity index (χ4v) is 5.75. The predicted octanol–water partition coefficient (Wildman–Crippen LogP) is 5.36. The quantitative estimate of drug-likeness (QED) is 0.194. The molecule has 0 unspecified atom stereocenters. The van der Waals surface area contributed by atoms with Gasteiger partial charge in [-0.2, -0.15) is 0 Å². The van der Waals surface area contributed by atoms with E-state index in [1.54, 1.807) is 74.5 Å². The summed E-state index contributed by atoms with van der Waals surface area (Å²) in [7, 11) is 0. The molecule has 47 heavy (non-hydrogen) atoms. The maximum Gasteiger partial charge on any atom is 0.262 e. The molecule has 0 spiro atoms. The number of unbranched alkanes of at least 4 members (excludes halogenated alkanes) is 2. The molecular formula is C36H31N7O4. The molecule has 3 aromatic heterocycles. The number of hydrogen-bond donors (Lipinski definition) is 2. The van der Waals surface area contributed by atoms with Crippen molar-refractivity contribution in [2.75, 3.05) is 0 Å². The van der Waals surface area contributed by atoms with Gasteiger partial charge in [-0.15, -0.1) is 5.10 Å². The average Bonchev–Trinajstić information content (AvgIpc) is 3.54. The van der Waals surface area contributed by atoms with E-state index in [4.69, 9.17) is 9.97 Å². The molecule has 4 aromatic carbocycles. The average molecular weight is 626 g/mol. The second-order valence-corrected chi connectivity index (χ2v) is 11.4.